The molecular weight excluding hydrogens is 370 g/mol. The summed E-state index contributed by atoms with van der Waals surface area (Å²) in [5.41, 5.74) is 0.732. The van der Waals surface area contributed by atoms with Gasteiger partial charge in [-0.3, -0.25) is 4.79 Å². The molecule has 0 fully saturated rings. The molecule has 1 aliphatic heterocycles. The van der Waals surface area contributed by atoms with Crippen LogP contribution in [0.2, 0.25) is 0 Å². The van der Waals surface area contributed by atoms with Crippen LogP contribution in [0, 0.1) is 6.92 Å². The minimum Gasteiger partial charge on any atom is -0.464 e. The summed E-state index contributed by atoms with van der Waals surface area (Å²) in [6.45, 7) is 2.49. The fraction of sp³-hybridized carbons (Fsp3) is 0.278. The Balaban J connectivity index is 1.34. The van der Waals surface area contributed by atoms with E-state index < -0.39 is 0 Å². The third kappa shape index (κ3) is 3.92. The number of furan rings is 1. The zero-order valence-corrected chi connectivity index (χ0v) is 15.6. The lowest BCUT2D eigenvalue weighted by Crippen LogP contribution is -2.27. The van der Waals surface area contributed by atoms with Crippen LogP contribution < -0.4 is 9.47 Å². The summed E-state index contributed by atoms with van der Waals surface area (Å²) in [7, 11) is 1.73. The van der Waals surface area contributed by atoms with Crippen molar-refractivity contribution in [2.45, 2.75) is 18.7 Å². The number of nitrogens with zero attached hydrogens (tertiary/aromatic N) is 3. The van der Waals surface area contributed by atoms with Crippen LogP contribution in [-0.4, -0.2) is 40.6 Å². The monoisotopic (exact) mass is 387 g/mol. The van der Waals surface area contributed by atoms with Crippen LogP contribution in [0.15, 0.2) is 44.4 Å². The van der Waals surface area contributed by atoms with Crippen LogP contribution in [0.25, 0.3) is 11.5 Å². The van der Waals surface area contributed by atoms with Crippen molar-refractivity contribution < 1.29 is 23.1 Å². The van der Waals surface area contributed by atoms with Gasteiger partial charge < -0.3 is 23.2 Å². The lowest BCUT2D eigenvalue weighted by molar-refractivity contribution is -0.127. The molecule has 1 aliphatic rings. The first-order chi connectivity index (χ1) is 13.1. The van der Waals surface area contributed by atoms with Gasteiger partial charge in [0.15, 0.2) is 11.5 Å². The van der Waals surface area contributed by atoms with Crippen LogP contribution in [-0.2, 0) is 11.3 Å². The van der Waals surface area contributed by atoms with Crippen molar-refractivity contribution in [3.63, 3.8) is 0 Å². The quantitative estimate of drug-likeness (QED) is 0.596. The smallest absolute Gasteiger partial charge is 0.277 e. The van der Waals surface area contributed by atoms with Gasteiger partial charge in [0.2, 0.25) is 18.6 Å². The highest BCUT2D eigenvalue weighted by Gasteiger charge is 2.18. The Labute approximate surface area is 159 Å². The summed E-state index contributed by atoms with van der Waals surface area (Å²) in [4.78, 5) is 13.9. The average molecular weight is 387 g/mol. The molecule has 2 aromatic heterocycles. The van der Waals surface area contributed by atoms with Crippen molar-refractivity contribution in [1.82, 2.24) is 15.1 Å². The predicted molar refractivity (Wildman–Crippen MR) is 96.5 cm³/mol. The van der Waals surface area contributed by atoms with Crippen LogP contribution in [0.1, 0.15) is 11.5 Å². The molecule has 0 saturated heterocycles. The first-order valence-corrected chi connectivity index (χ1v) is 9.22. The van der Waals surface area contributed by atoms with E-state index in [0.717, 1.165) is 17.1 Å². The molecule has 0 spiro atoms. The maximum absolute atomic E-state index is 12.3. The van der Waals surface area contributed by atoms with Gasteiger partial charge in [-0.2, -0.15) is 0 Å². The van der Waals surface area contributed by atoms with Crippen LogP contribution >= 0.6 is 11.8 Å². The number of rotatable bonds is 6. The highest BCUT2D eigenvalue weighted by Crippen LogP contribution is 2.36. The molecular formula is C18H17N3O5S. The van der Waals surface area contributed by atoms with E-state index in [9.17, 15) is 4.79 Å². The SMILES string of the molecule is Cc1ccc(CN(C)C(=O)CSc2nnc(-c3ccc4c(c3)OCO4)o2)o1. The average Bonchev–Trinajstić information content (AvgIpc) is 3.39. The number of amides is 1. The molecule has 1 aromatic carbocycles. The molecule has 140 valence electrons. The summed E-state index contributed by atoms with van der Waals surface area (Å²) in [6, 6.07) is 9.14. The van der Waals surface area contributed by atoms with Gasteiger partial charge in [-0.25, -0.2) is 0 Å². The topological polar surface area (TPSA) is 90.8 Å². The number of benzene rings is 1. The van der Waals surface area contributed by atoms with Gasteiger partial charge >= 0.3 is 0 Å². The number of hydrogen-bond acceptors (Lipinski definition) is 8. The summed E-state index contributed by atoms with van der Waals surface area (Å²) in [5.74, 6) is 3.40. The van der Waals surface area contributed by atoms with E-state index in [1.165, 1.54) is 11.8 Å². The number of aryl methyl sites for hydroxylation is 1. The maximum Gasteiger partial charge on any atom is 0.277 e. The van der Waals surface area contributed by atoms with E-state index in [4.69, 9.17) is 18.3 Å². The lowest BCUT2D eigenvalue weighted by Gasteiger charge is -2.14. The predicted octanol–water partition coefficient (Wildman–Crippen LogP) is 3.12. The Morgan fingerprint density at radius 1 is 1.15 bits per heavy atom. The van der Waals surface area contributed by atoms with E-state index in [1.54, 1.807) is 24.1 Å². The van der Waals surface area contributed by atoms with Gasteiger partial charge in [-0.1, -0.05) is 11.8 Å². The highest BCUT2D eigenvalue weighted by atomic mass is 32.2. The number of thioether (sulfide) groups is 1. The van der Waals surface area contributed by atoms with Gasteiger partial charge in [-0.05, 0) is 37.3 Å². The molecule has 27 heavy (non-hydrogen) atoms. The number of aromatic nitrogens is 2. The van der Waals surface area contributed by atoms with Crippen molar-refractivity contribution in [1.29, 1.82) is 0 Å². The summed E-state index contributed by atoms with van der Waals surface area (Å²) < 4.78 is 21.8. The molecule has 4 rings (SSSR count). The second kappa shape index (κ2) is 7.36. The number of ether oxygens (including phenoxy) is 2. The first kappa shape index (κ1) is 17.5. The molecule has 0 atom stereocenters. The van der Waals surface area contributed by atoms with E-state index in [0.29, 0.717) is 29.2 Å². The molecule has 0 unspecified atom stereocenters. The second-order valence-corrected chi connectivity index (χ2v) is 6.92. The largest absolute Gasteiger partial charge is 0.464 e. The zero-order valence-electron chi connectivity index (χ0n) is 14.8. The molecule has 0 bridgehead atoms. The Morgan fingerprint density at radius 2 is 2.00 bits per heavy atom. The third-order valence-corrected chi connectivity index (χ3v) is 4.76. The second-order valence-electron chi connectivity index (χ2n) is 5.99. The molecule has 9 heteroatoms. The number of hydrogen-bond donors (Lipinski definition) is 0. The van der Waals surface area contributed by atoms with Crippen LogP contribution in [0.5, 0.6) is 11.5 Å². The van der Waals surface area contributed by atoms with E-state index in [1.807, 2.05) is 25.1 Å². The summed E-state index contributed by atoms with van der Waals surface area (Å²) >= 11 is 1.20. The Morgan fingerprint density at radius 3 is 2.81 bits per heavy atom. The molecule has 8 nitrogen and oxygen atoms in total. The van der Waals surface area contributed by atoms with Gasteiger partial charge in [-0.15, -0.1) is 10.2 Å². The third-order valence-electron chi connectivity index (χ3n) is 3.96. The van der Waals surface area contributed by atoms with Crippen LogP contribution in [0.4, 0.5) is 0 Å². The van der Waals surface area contributed by atoms with E-state index in [-0.39, 0.29) is 18.5 Å². The molecule has 3 heterocycles. The van der Waals surface area contributed by atoms with Crippen molar-refractivity contribution in [2.75, 3.05) is 19.6 Å². The summed E-state index contributed by atoms with van der Waals surface area (Å²) in [5, 5.41) is 8.35. The van der Waals surface area contributed by atoms with Gasteiger partial charge in [0.05, 0.1) is 12.3 Å². The number of carbonyl (C=O) groups is 1. The minimum absolute atomic E-state index is 0.0584. The normalized spacial score (nSPS) is 12.4. The van der Waals surface area contributed by atoms with E-state index >= 15 is 0 Å². The van der Waals surface area contributed by atoms with E-state index in [2.05, 4.69) is 10.2 Å². The molecule has 0 N–H and O–H groups in total. The maximum atomic E-state index is 12.3. The molecule has 0 aliphatic carbocycles. The molecule has 1 amide bonds. The van der Waals surface area contributed by atoms with Crippen molar-refractivity contribution in [3.8, 4) is 23.0 Å². The fourth-order valence-electron chi connectivity index (χ4n) is 2.54. The van der Waals surface area contributed by atoms with Crippen molar-refractivity contribution in [3.05, 3.63) is 41.9 Å². The standard InChI is InChI=1S/C18H17N3O5S/c1-11-3-5-13(25-11)8-21(2)16(22)9-27-18-20-19-17(26-18)12-4-6-14-15(7-12)24-10-23-14/h3-7H,8-10H2,1-2H3. The Bertz CT molecular complexity index is 968. The minimum atomic E-state index is -0.0584. The molecule has 0 saturated carbocycles. The van der Waals surface area contributed by atoms with Gasteiger partial charge in [0.1, 0.15) is 11.5 Å². The van der Waals surface area contributed by atoms with Crippen molar-refractivity contribution >= 4 is 17.7 Å². The fourth-order valence-corrected chi connectivity index (χ4v) is 3.24. The summed E-state index contributed by atoms with van der Waals surface area (Å²) in [6.07, 6.45) is 0. The zero-order chi connectivity index (χ0) is 18.8. The highest BCUT2D eigenvalue weighted by molar-refractivity contribution is 7.99. The number of carbonyl (C=O) groups excluding carboxylic acids is 1. The van der Waals surface area contributed by atoms with Crippen LogP contribution in [0.3, 0.4) is 0 Å². The number of fused-ring (bicyclic) bond motifs is 1. The van der Waals surface area contributed by atoms with Gasteiger partial charge in [0, 0.05) is 12.6 Å². The lowest BCUT2D eigenvalue weighted by atomic mass is 10.2. The van der Waals surface area contributed by atoms with Gasteiger partial charge in [0.25, 0.3) is 5.22 Å². The Kier molecular flexibility index (Phi) is 4.76. The molecule has 3 aromatic rings. The van der Waals surface area contributed by atoms with Crippen molar-refractivity contribution in [2.24, 2.45) is 0 Å². The first-order valence-electron chi connectivity index (χ1n) is 8.24. The Hall–Kier alpha value is -2.94. The molecule has 0 radical (unpaired) electrons.